The Balaban J connectivity index is 1.94. The minimum atomic E-state index is -0.777. The van der Waals surface area contributed by atoms with Gasteiger partial charge < -0.3 is 19.9 Å². The van der Waals surface area contributed by atoms with Crippen LogP contribution in [0.5, 0.6) is 11.5 Å². The van der Waals surface area contributed by atoms with E-state index in [9.17, 15) is 15.2 Å². The van der Waals surface area contributed by atoms with E-state index in [-0.39, 0.29) is 11.9 Å². The van der Waals surface area contributed by atoms with Crippen molar-refractivity contribution in [2.24, 2.45) is 5.10 Å². The molecule has 1 fully saturated rings. The predicted molar refractivity (Wildman–Crippen MR) is 89.4 cm³/mol. The summed E-state index contributed by atoms with van der Waals surface area (Å²) >= 11 is 5.07. The number of hydrazone groups is 1. The van der Waals surface area contributed by atoms with Crippen LogP contribution >= 0.6 is 12.2 Å². The van der Waals surface area contributed by atoms with Gasteiger partial charge in [0.2, 0.25) is 0 Å². The van der Waals surface area contributed by atoms with Crippen molar-refractivity contribution in [1.29, 1.82) is 0 Å². The highest BCUT2D eigenvalue weighted by Gasteiger charge is 2.15. The Kier molecular flexibility index (Phi) is 6.27. The topological polar surface area (TPSA) is 121 Å². The Morgan fingerprint density at radius 3 is 3.04 bits per heavy atom. The Morgan fingerprint density at radius 1 is 1.62 bits per heavy atom. The third kappa shape index (κ3) is 4.77. The molecule has 0 amide bonds. The van der Waals surface area contributed by atoms with Crippen LogP contribution in [-0.4, -0.2) is 42.6 Å². The normalized spacial score (nSPS) is 17.0. The smallest absolute Gasteiger partial charge is 0.266 e. The minimum absolute atomic E-state index is 0.121. The molecule has 1 aromatic carbocycles. The van der Waals surface area contributed by atoms with Gasteiger partial charge in [0.1, 0.15) is 5.75 Å². The van der Waals surface area contributed by atoms with E-state index < -0.39 is 16.4 Å². The van der Waals surface area contributed by atoms with E-state index in [0.717, 1.165) is 25.5 Å². The fraction of sp³-hybridized carbons (Fsp3) is 0.429. The summed E-state index contributed by atoms with van der Waals surface area (Å²) in [6.07, 6.45) is 3.49. The minimum Gasteiger partial charge on any atom is -0.865 e. The highest BCUT2D eigenvalue weighted by atomic mass is 32.1. The quantitative estimate of drug-likeness (QED) is 0.331. The predicted octanol–water partition coefficient (Wildman–Crippen LogP) is 0.654. The van der Waals surface area contributed by atoms with Gasteiger partial charge in [-0.25, -0.2) is 0 Å². The van der Waals surface area contributed by atoms with Gasteiger partial charge in [-0.15, -0.1) is 0 Å². The van der Waals surface area contributed by atoms with Gasteiger partial charge in [-0.1, -0.05) is 0 Å². The third-order valence-corrected chi connectivity index (χ3v) is 3.60. The first-order chi connectivity index (χ1) is 11.5. The maximum Gasteiger partial charge on any atom is 0.266 e. The van der Waals surface area contributed by atoms with Crippen LogP contribution in [0.25, 0.3) is 0 Å². The van der Waals surface area contributed by atoms with Crippen LogP contribution in [0, 0.1) is 10.1 Å². The van der Waals surface area contributed by atoms with Crippen LogP contribution in [0.1, 0.15) is 18.4 Å². The number of nitrogens with one attached hydrogen (secondary N) is 2. The van der Waals surface area contributed by atoms with Crippen molar-refractivity contribution in [3.63, 3.8) is 0 Å². The molecule has 1 saturated heterocycles. The average Bonchev–Trinajstić information content (AvgIpc) is 3.07. The zero-order valence-corrected chi connectivity index (χ0v) is 13.8. The molecule has 2 rings (SSSR count). The molecule has 9 nitrogen and oxygen atoms in total. The fourth-order valence-electron chi connectivity index (χ4n) is 2.19. The Labute approximate surface area is 143 Å². The molecular formula is C14H17N4O5S-. The molecule has 130 valence electrons. The molecule has 0 aliphatic carbocycles. The molecule has 0 saturated carbocycles. The molecule has 1 aliphatic rings. The van der Waals surface area contributed by atoms with Crippen molar-refractivity contribution in [2.75, 3.05) is 20.3 Å². The zero-order chi connectivity index (χ0) is 17.5. The molecule has 0 bridgehead atoms. The first kappa shape index (κ1) is 17.9. The lowest BCUT2D eigenvalue weighted by atomic mass is 10.2. The lowest BCUT2D eigenvalue weighted by Gasteiger charge is -2.13. The second-order valence-electron chi connectivity index (χ2n) is 5.04. The molecule has 0 aromatic heterocycles. The lowest BCUT2D eigenvalue weighted by molar-refractivity contribution is -0.398. The van der Waals surface area contributed by atoms with E-state index in [1.165, 1.54) is 19.4 Å². The summed E-state index contributed by atoms with van der Waals surface area (Å²) in [7, 11) is 1.27. The molecule has 0 spiro atoms. The van der Waals surface area contributed by atoms with E-state index in [1.807, 2.05) is 0 Å². The number of nitro groups is 1. The summed E-state index contributed by atoms with van der Waals surface area (Å²) in [6, 6.07) is 2.49. The fourth-order valence-corrected chi connectivity index (χ4v) is 2.32. The largest absolute Gasteiger partial charge is 0.865 e. The monoisotopic (exact) mass is 353 g/mol. The maximum absolute atomic E-state index is 11.7. The molecular weight excluding hydrogens is 336 g/mol. The molecule has 0 radical (unpaired) electrons. The first-order valence-electron chi connectivity index (χ1n) is 7.23. The van der Waals surface area contributed by atoms with Gasteiger partial charge in [-0.2, -0.15) is 5.10 Å². The molecule has 1 heterocycles. The Hall–Kier alpha value is -2.46. The molecule has 1 aromatic rings. The number of rotatable bonds is 6. The molecule has 0 unspecified atom stereocenters. The Morgan fingerprint density at radius 2 is 2.42 bits per heavy atom. The van der Waals surface area contributed by atoms with Crippen LogP contribution < -0.4 is 20.6 Å². The van der Waals surface area contributed by atoms with E-state index in [0.29, 0.717) is 17.2 Å². The SMILES string of the molecule is COc1cc(/C=N\NC(=S)NC[C@H]2CCCO2)cc([N+](=O)[O-])c1[O-]. The van der Waals surface area contributed by atoms with Crippen LogP contribution in [-0.2, 0) is 4.74 Å². The molecule has 24 heavy (non-hydrogen) atoms. The van der Waals surface area contributed by atoms with Gasteiger partial charge in [0.25, 0.3) is 5.69 Å². The van der Waals surface area contributed by atoms with Crippen LogP contribution in [0.15, 0.2) is 17.2 Å². The number of nitrogens with zero attached hydrogens (tertiary/aromatic N) is 2. The van der Waals surface area contributed by atoms with E-state index >= 15 is 0 Å². The molecule has 10 heteroatoms. The van der Waals surface area contributed by atoms with E-state index in [1.54, 1.807) is 0 Å². The van der Waals surface area contributed by atoms with Gasteiger partial charge >= 0.3 is 0 Å². The van der Waals surface area contributed by atoms with Crippen LogP contribution in [0.2, 0.25) is 0 Å². The van der Waals surface area contributed by atoms with Crippen LogP contribution in [0.3, 0.4) is 0 Å². The standard InChI is InChI=1S/C14H18N4O5S/c1-22-12-6-9(5-11(13(12)19)18(20)21)7-16-17-14(24)15-8-10-3-2-4-23-10/h5-7,10,19H,2-4,8H2,1H3,(H2,15,17,24)/p-1/b16-7-/t10-/m1/s1. The molecule has 1 aliphatic heterocycles. The zero-order valence-electron chi connectivity index (χ0n) is 13.0. The van der Waals surface area contributed by atoms with Gasteiger partial charge in [-0.3, -0.25) is 15.5 Å². The summed E-state index contributed by atoms with van der Waals surface area (Å²) in [5, 5.41) is 29.8. The van der Waals surface area contributed by atoms with Crippen molar-refractivity contribution in [2.45, 2.75) is 18.9 Å². The number of methoxy groups -OCH3 is 1. The summed E-state index contributed by atoms with van der Waals surface area (Å²) < 4.78 is 10.3. The van der Waals surface area contributed by atoms with E-state index in [2.05, 4.69) is 15.8 Å². The van der Waals surface area contributed by atoms with Crippen molar-refractivity contribution in [3.05, 3.63) is 27.8 Å². The number of benzene rings is 1. The van der Waals surface area contributed by atoms with Crippen molar-refractivity contribution in [1.82, 2.24) is 10.7 Å². The van der Waals surface area contributed by atoms with E-state index in [4.69, 9.17) is 21.7 Å². The second-order valence-corrected chi connectivity index (χ2v) is 5.45. The summed E-state index contributed by atoms with van der Waals surface area (Å²) in [6.45, 7) is 1.35. The summed E-state index contributed by atoms with van der Waals surface area (Å²) in [4.78, 5) is 10.1. The summed E-state index contributed by atoms with van der Waals surface area (Å²) in [5.41, 5.74) is 2.37. The molecule has 1 atom stereocenters. The van der Waals surface area contributed by atoms with Crippen molar-refractivity contribution >= 4 is 29.2 Å². The highest BCUT2D eigenvalue weighted by Crippen LogP contribution is 2.33. The number of nitro benzene ring substituents is 1. The first-order valence-corrected chi connectivity index (χ1v) is 7.64. The third-order valence-electron chi connectivity index (χ3n) is 3.37. The van der Waals surface area contributed by atoms with Gasteiger partial charge in [-0.05, 0) is 31.1 Å². The number of hydrogen-bond acceptors (Lipinski definition) is 7. The lowest BCUT2D eigenvalue weighted by Crippen LogP contribution is -2.37. The second kappa shape index (κ2) is 8.41. The Bertz CT molecular complexity index is 646. The highest BCUT2D eigenvalue weighted by molar-refractivity contribution is 7.80. The van der Waals surface area contributed by atoms with Gasteiger partial charge in [0, 0.05) is 30.5 Å². The van der Waals surface area contributed by atoms with Gasteiger partial charge in [0.05, 0.1) is 24.4 Å². The van der Waals surface area contributed by atoms with Crippen molar-refractivity contribution in [3.8, 4) is 11.5 Å². The van der Waals surface area contributed by atoms with Crippen LogP contribution in [0.4, 0.5) is 5.69 Å². The summed E-state index contributed by atoms with van der Waals surface area (Å²) in [5.74, 6) is -0.897. The average molecular weight is 353 g/mol. The maximum atomic E-state index is 11.7. The number of thiocarbonyl (C=S) groups is 1. The number of hydrogen-bond donors (Lipinski definition) is 2. The van der Waals surface area contributed by atoms with Crippen molar-refractivity contribution < 1.29 is 19.5 Å². The number of ether oxygens (including phenoxy) is 2. The van der Waals surface area contributed by atoms with Gasteiger partial charge in [0.15, 0.2) is 5.11 Å². The molecule has 2 N–H and O–H groups in total.